The maximum atomic E-state index is 12.7. The van der Waals surface area contributed by atoms with Crippen LogP contribution >= 0.6 is 24.8 Å². The first-order valence-electron chi connectivity index (χ1n) is 3.01. The summed E-state index contributed by atoms with van der Waals surface area (Å²) in [5, 5.41) is 0. The zero-order valence-electron chi connectivity index (χ0n) is 6.29. The summed E-state index contributed by atoms with van der Waals surface area (Å²) in [6.07, 6.45) is 0. The fourth-order valence-corrected chi connectivity index (χ4v) is 0.752. The fraction of sp³-hybridized carbons (Fsp3) is 0.143. The summed E-state index contributed by atoms with van der Waals surface area (Å²) >= 11 is 0. The molecule has 0 radical (unpaired) electrons. The summed E-state index contributed by atoms with van der Waals surface area (Å²) < 4.78 is 12.7. The summed E-state index contributed by atoms with van der Waals surface area (Å²) in [6.45, 7) is 0.368. The van der Waals surface area contributed by atoms with Gasteiger partial charge in [-0.05, 0) is 6.07 Å². The smallest absolute Gasteiger partial charge is 0.127 e. The van der Waals surface area contributed by atoms with Crippen LogP contribution < -0.4 is 11.3 Å². The molecule has 3 N–H and O–H groups in total. The van der Waals surface area contributed by atoms with Gasteiger partial charge in [-0.2, -0.15) is 0 Å². The summed E-state index contributed by atoms with van der Waals surface area (Å²) in [7, 11) is 0. The molecule has 0 spiro atoms. The highest BCUT2D eigenvalue weighted by Gasteiger charge is 1.96. The van der Waals surface area contributed by atoms with Crippen molar-refractivity contribution in [2.75, 3.05) is 0 Å². The zero-order valence-corrected chi connectivity index (χ0v) is 7.92. The van der Waals surface area contributed by atoms with E-state index in [1.807, 2.05) is 0 Å². The van der Waals surface area contributed by atoms with Crippen molar-refractivity contribution in [3.8, 4) is 0 Å². The van der Waals surface area contributed by atoms with Crippen molar-refractivity contribution in [1.29, 1.82) is 0 Å². The second kappa shape index (κ2) is 7.31. The number of nitrogens with two attached hydrogens (primary N) is 1. The number of hydrogen-bond acceptors (Lipinski definition) is 2. The molecule has 0 heterocycles. The second-order valence-corrected chi connectivity index (χ2v) is 1.97. The predicted octanol–water partition coefficient (Wildman–Crippen LogP) is 1.63. The molecule has 0 aliphatic rings. The van der Waals surface area contributed by atoms with E-state index in [9.17, 15) is 4.39 Å². The molecule has 0 amide bonds. The highest BCUT2D eigenvalue weighted by atomic mass is 35.5. The Hall–Kier alpha value is -0.350. The van der Waals surface area contributed by atoms with E-state index in [1.165, 1.54) is 6.07 Å². The van der Waals surface area contributed by atoms with Gasteiger partial charge in [-0.15, -0.1) is 24.8 Å². The monoisotopic (exact) mass is 212 g/mol. The third-order valence-corrected chi connectivity index (χ3v) is 1.25. The Labute approximate surface area is 83.1 Å². The lowest BCUT2D eigenvalue weighted by molar-refractivity contribution is 0.594. The van der Waals surface area contributed by atoms with Gasteiger partial charge in [0.1, 0.15) is 5.82 Å². The molecule has 1 rings (SSSR count). The molecule has 5 heteroatoms. The molecule has 0 aliphatic carbocycles. The average Bonchev–Trinajstić information content (AvgIpc) is 1.94. The Morgan fingerprint density at radius 2 is 1.83 bits per heavy atom. The number of hydrazine groups is 1. The third kappa shape index (κ3) is 3.88. The molecule has 0 saturated carbocycles. The SMILES string of the molecule is Cl.Cl.NNCc1ccccc1F. The molecule has 0 aromatic heterocycles. The van der Waals surface area contributed by atoms with Crippen LogP contribution in [-0.2, 0) is 6.54 Å². The zero-order chi connectivity index (χ0) is 7.40. The molecule has 1 aromatic carbocycles. The number of rotatable bonds is 2. The maximum Gasteiger partial charge on any atom is 0.127 e. The summed E-state index contributed by atoms with van der Waals surface area (Å²) in [5.41, 5.74) is 2.97. The van der Waals surface area contributed by atoms with Crippen LogP contribution in [0.3, 0.4) is 0 Å². The molecule has 0 atom stereocenters. The fourth-order valence-electron chi connectivity index (χ4n) is 0.752. The van der Waals surface area contributed by atoms with Gasteiger partial charge in [0.05, 0.1) is 0 Å². The minimum atomic E-state index is -0.222. The first kappa shape index (κ1) is 14.2. The van der Waals surface area contributed by atoms with Crippen LogP contribution in [0, 0.1) is 5.82 Å². The maximum absolute atomic E-state index is 12.7. The molecule has 0 aliphatic heterocycles. The van der Waals surface area contributed by atoms with Crippen LogP contribution in [-0.4, -0.2) is 0 Å². The van der Waals surface area contributed by atoms with Crippen LogP contribution in [0.4, 0.5) is 4.39 Å². The van der Waals surface area contributed by atoms with E-state index in [-0.39, 0.29) is 30.6 Å². The van der Waals surface area contributed by atoms with Gasteiger partial charge in [0.15, 0.2) is 0 Å². The van der Waals surface area contributed by atoms with E-state index in [0.717, 1.165) is 0 Å². The minimum Gasteiger partial charge on any atom is -0.271 e. The van der Waals surface area contributed by atoms with Crippen molar-refractivity contribution in [2.45, 2.75) is 6.54 Å². The molecule has 1 aromatic rings. The van der Waals surface area contributed by atoms with Crippen LogP contribution in [0.1, 0.15) is 5.56 Å². The van der Waals surface area contributed by atoms with Gasteiger partial charge in [-0.1, -0.05) is 18.2 Å². The van der Waals surface area contributed by atoms with Crippen molar-refractivity contribution in [2.24, 2.45) is 5.84 Å². The van der Waals surface area contributed by atoms with E-state index >= 15 is 0 Å². The molecule has 0 bridgehead atoms. The van der Waals surface area contributed by atoms with E-state index < -0.39 is 0 Å². The summed E-state index contributed by atoms with van der Waals surface area (Å²) in [6, 6.07) is 6.52. The Morgan fingerprint density at radius 3 is 2.33 bits per heavy atom. The minimum absolute atomic E-state index is 0. The van der Waals surface area contributed by atoms with Gasteiger partial charge in [-0.25, -0.2) is 4.39 Å². The molecule has 2 nitrogen and oxygen atoms in total. The highest BCUT2D eigenvalue weighted by molar-refractivity contribution is 5.85. The van der Waals surface area contributed by atoms with E-state index in [1.54, 1.807) is 18.2 Å². The molecule has 12 heavy (non-hydrogen) atoms. The Morgan fingerprint density at radius 1 is 1.25 bits per heavy atom. The Balaban J connectivity index is 0. The van der Waals surface area contributed by atoms with Gasteiger partial charge in [0, 0.05) is 12.1 Å². The predicted molar refractivity (Wildman–Crippen MR) is 51.9 cm³/mol. The molecular formula is C7H11Cl2FN2. The van der Waals surface area contributed by atoms with Gasteiger partial charge in [0.25, 0.3) is 0 Å². The standard InChI is InChI=1S/C7H9FN2.2ClH/c8-7-4-2-1-3-6(7)5-10-9;;/h1-4,10H,5,9H2;2*1H. The molecular weight excluding hydrogens is 202 g/mol. The van der Waals surface area contributed by atoms with Crippen LogP contribution in [0.15, 0.2) is 24.3 Å². The van der Waals surface area contributed by atoms with Crippen molar-refractivity contribution >= 4 is 24.8 Å². The normalized spacial score (nSPS) is 8.17. The first-order chi connectivity index (χ1) is 4.84. The van der Waals surface area contributed by atoms with Crippen LogP contribution in [0.25, 0.3) is 0 Å². The Kier molecular flexibility index (Phi) is 8.64. The summed E-state index contributed by atoms with van der Waals surface area (Å²) in [4.78, 5) is 0. The molecule has 0 fully saturated rings. The lowest BCUT2D eigenvalue weighted by Gasteiger charge is -1.99. The first-order valence-corrected chi connectivity index (χ1v) is 3.01. The summed E-state index contributed by atoms with van der Waals surface area (Å²) in [5.74, 6) is 4.79. The lowest BCUT2D eigenvalue weighted by atomic mass is 10.2. The lowest BCUT2D eigenvalue weighted by Crippen LogP contribution is -2.21. The van der Waals surface area contributed by atoms with Gasteiger partial charge in [-0.3, -0.25) is 11.3 Å². The average molecular weight is 213 g/mol. The number of benzene rings is 1. The third-order valence-electron chi connectivity index (χ3n) is 1.25. The second-order valence-electron chi connectivity index (χ2n) is 1.97. The number of nitrogens with one attached hydrogen (secondary N) is 1. The van der Waals surface area contributed by atoms with Gasteiger partial charge < -0.3 is 0 Å². The largest absolute Gasteiger partial charge is 0.271 e. The number of halogens is 3. The highest BCUT2D eigenvalue weighted by Crippen LogP contribution is 2.04. The quantitative estimate of drug-likeness (QED) is 0.578. The van der Waals surface area contributed by atoms with Crippen LogP contribution in [0.2, 0.25) is 0 Å². The van der Waals surface area contributed by atoms with Crippen molar-refractivity contribution in [3.05, 3.63) is 35.6 Å². The van der Waals surface area contributed by atoms with E-state index in [2.05, 4.69) is 5.43 Å². The molecule has 0 saturated heterocycles. The van der Waals surface area contributed by atoms with E-state index in [0.29, 0.717) is 12.1 Å². The van der Waals surface area contributed by atoms with Crippen LogP contribution in [0.5, 0.6) is 0 Å². The Bertz CT molecular complexity index is 220. The van der Waals surface area contributed by atoms with Crippen molar-refractivity contribution in [1.82, 2.24) is 5.43 Å². The molecule has 70 valence electrons. The topological polar surface area (TPSA) is 38.0 Å². The number of hydrogen-bond donors (Lipinski definition) is 2. The van der Waals surface area contributed by atoms with E-state index in [4.69, 9.17) is 5.84 Å². The van der Waals surface area contributed by atoms with Crippen molar-refractivity contribution in [3.63, 3.8) is 0 Å². The van der Waals surface area contributed by atoms with Gasteiger partial charge >= 0.3 is 0 Å². The van der Waals surface area contributed by atoms with Crippen molar-refractivity contribution < 1.29 is 4.39 Å². The molecule has 0 unspecified atom stereocenters. The van der Waals surface area contributed by atoms with Gasteiger partial charge in [0.2, 0.25) is 0 Å².